The van der Waals surface area contributed by atoms with Gasteiger partial charge in [-0.2, -0.15) is 0 Å². The molecule has 96 valence electrons. The van der Waals surface area contributed by atoms with Crippen LogP contribution in [0.25, 0.3) is 0 Å². The Morgan fingerprint density at radius 2 is 2.11 bits per heavy atom. The highest BCUT2D eigenvalue weighted by molar-refractivity contribution is 5.90. The van der Waals surface area contributed by atoms with Gasteiger partial charge >= 0.3 is 0 Å². The summed E-state index contributed by atoms with van der Waals surface area (Å²) in [7, 11) is 0. The van der Waals surface area contributed by atoms with Crippen molar-refractivity contribution in [2.75, 3.05) is 6.61 Å². The van der Waals surface area contributed by atoms with E-state index in [1.54, 1.807) is 0 Å². The molecule has 18 heavy (non-hydrogen) atoms. The van der Waals surface area contributed by atoms with Gasteiger partial charge in [-0.05, 0) is 18.4 Å². The van der Waals surface area contributed by atoms with Gasteiger partial charge in [0.15, 0.2) is 5.78 Å². The Balaban J connectivity index is 1.78. The largest absolute Gasteiger partial charge is 0.368 e. The van der Waals surface area contributed by atoms with Gasteiger partial charge in [0.2, 0.25) is 0 Å². The monoisotopic (exact) mass is 245 g/mol. The fraction of sp³-hybridized carbons (Fsp3) is 0.400. The molecule has 1 aliphatic heterocycles. The van der Waals surface area contributed by atoms with Crippen LogP contribution in [0.5, 0.6) is 0 Å². The summed E-state index contributed by atoms with van der Waals surface area (Å²) in [6.45, 7) is 4.36. The molecule has 2 unspecified atom stereocenters. The molecule has 1 saturated heterocycles. The third-order valence-electron chi connectivity index (χ3n) is 3.24. The van der Waals surface area contributed by atoms with Gasteiger partial charge < -0.3 is 10.5 Å². The van der Waals surface area contributed by atoms with Crippen LogP contribution in [0.2, 0.25) is 0 Å². The normalized spacial score (nSPS) is 23.3. The summed E-state index contributed by atoms with van der Waals surface area (Å²) < 4.78 is 5.36. The van der Waals surface area contributed by atoms with Crippen molar-refractivity contribution in [3.05, 3.63) is 48.0 Å². The average Bonchev–Trinajstić information content (AvgIpc) is 2.70. The Bertz CT molecular complexity index is 427. The molecule has 0 saturated carbocycles. The molecular weight excluding hydrogens is 226 g/mol. The first kappa shape index (κ1) is 13.0. The van der Waals surface area contributed by atoms with Crippen molar-refractivity contribution < 1.29 is 9.53 Å². The molecule has 0 aromatic heterocycles. The predicted octanol–water partition coefficient (Wildman–Crippen LogP) is 1.86. The maximum atomic E-state index is 11.6. The molecule has 1 fully saturated rings. The zero-order valence-corrected chi connectivity index (χ0v) is 10.5. The van der Waals surface area contributed by atoms with E-state index in [1.165, 1.54) is 5.56 Å². The fourth-order valence-corrected chi connectivity index (χ4v) is 2.11. The quantitative estimate of drug-likeness (QED) is 0.806. The summed E-state index contributed by atoms with van der Waals surface area (Å²) in [5, 5.41) is 0. The number of hydrogen-bond donors (Lipinski definition) is 1. The van der Waals surface area contributed by atoms with Crippen molar-refractivity contribution in [2.45, 2.75) is 31.4 Å². The zero-order chi connectivity index (χ0) is 13.0. The van der Waals surface area contributed by atoms with Crippen LogP contribution in [0.1, 0.15) is 18.4 Å². The molecule has 2 atom stereocenters. The lowest BCUT2D eigenvalue weighted by Crippen LogP contribution is -2.31. The number of carbonyl (C=O) groups is 1. The minimum Gasteiger partial charge on any atom is -0.368 e. The van der Waals surface area contributed by atoms with Crippen molar-refractivity contribution in [3.63, 3.8) is 0 Å². The van der Waals surface area contributed by atoms with E-state index in [-0.39, 0.29) is 11.9 Å². The van der Waals surface area contributed by atoms with Crippen molar-refractivity contribution in [3.8, 4) is 0 Å². The third-order valence-corrected chi connectivity index (χ3v) is 3.24. The number of benzene rings is 1. The van der Waals surface area contributed by atoms with Crippen LogP contribution >= 0.6 is 0 Å². The molecule has 3 heteroatoms. The van der Waals surface area contributed by atoms with Crippen LogP contribution in [0.4, 0.5) is 0 Å². The van der Waals surface area contributed by atoms with E-state index in [0.717, 1.165) is 18.4 Å². The number of rotatable bonds is 5. The SMILES string of the molecule is C=C(CCc1ccccc1)CC1OCC(N)C1=O. The molecule has 2 N–H and O–H groups in total. The molecule has 0 amide bonds. The molecular formula is C15H19NO2. The highest BCUT2D eigenvalue weighted by Crippen LogP contribution is 2.18. The maximum Gasteiger partial charge on any atom is 0.180 e. The average molecular weight is 245 g/mol. The van der Waals surface area contributed by atoms with Gasteiger partial charge in [-0.3, -0.25) is 4.79 Å². The molecule has 0 bridgehead atoms. The molecule has 0 radical (unpaired) electrons. The smallest absolute Gasteiger partial charge is 0.180 e. The van der Waals surface area contributed by atoms with E-state index in [9.17, 15) is 4.79 Å². The minimum atomic E-state index is -0.447. The summed E-state index contributed by atoms with van der Waals surface area (Å²) in [4.78, 5) is 11.6. The van der Waals surface area contributed by atoms with Gasteiger partial charge in [0, 0.05) is 6.42 Å². The number of ether oxygens (including phenoxy) is 1. The molecule has 0 aliphatic carbocycles. The molecule has 1 aromatic rings. The first-order valence-corrected chi connectivity index (χ1v) is 6.28. The van der Waals surface area contributed by atoms with Crippen LogP contribution in [-0.4, -0.2) is 24.5 Å². The van der Waals surface area contributed by atoms with E-state index >= 15 is 0 Å². The number of aryl methyl sites for hydroxylation is 1. The van der Waals surface area contributed by atoms with Crippen molar-refractivity contribution in [1.29, 1.82) is 0 Å². The molecule has 0 spiro atoms. The Morgan fingerprint density at radius 3 is 2.72 bits per heavy atom. The predicted molar refractivity (Wildman–Crippen MR) is 71.2 cm³/mol. The van der Waals surface area contributed by atoms with Gasteiger partial charge in [0.25, 0.3) is 0 Å². The Morgan fingerprint density at radius 1 is 1.39 bits per heavy atom. The minimum absolute atomic E-state index is 0.0101. The molecule has 1 aromatic carbocycles. The Hall–Kier alpha value is -1.45. The highest BCUT2D eigenvalue weighted by Gasteiger charge is 2.32. The molecule has 3 nitrogen and oxygen atoms in total. The van der Waals surface area contributed by atoms with E-state index in [4.69, 9.17) is 10.5 Å². The van der Waals surface area contributed by atoms with Gasteiger partial charge in [0.05, 0.1) is 12.6 Å². The lowest BCUT2D eigenvalue weighted by atomic mass is 9.99. The second kappa shape index (κ2) is 5.94. The van der Waals surface area contributed by atoms with Crippen LogP contribution in [0, 0.1) is 0 Å². The summed E-state index contributed by atoms with van der Waals surface area (Å²) in [6, 6.07) is 9.81. The summed E-state index contributed by atoms with van der Waals surface area (Å²) in [5.74, 6) is 0.0101. The standard InChI is InChI=1S/C15H19NO2/c1-11(7-8-12-5-3-2-4-6-12)9-14-15(17)13(16)10-18-14/h2-6,13-14H,1,7-10,16H2. The van der Waals surface area contributed by atoms with Gasteiger partial charge in [-0.1, -0.05) is 42.5 Å². The number of carbonyl (C=O) groups excluding carboxylic acids is 1. The fourth-order valence-electron chi connectivity index (χ4n) is 2.11. The third kappa shape index (κ3) is 3.28. The van der Waals surface area contributed by atoms with Gasteiger partial charge in [0.1, 0.15) is 6.10 Å². The van der Waals surface area contributed by atoms with Gasteiger partial charge in [-0.15, -0.1) is 0 Å². The van der Waals surface area contributed by atoms with Gasteiger partial charge in [-0.25, -0.2) is 0 Å². The Kier molecular flexibility index (Phi) is 4.28. The summed E-state index contributed by atoms with van der Waals surface area (Å²) in [6.07, 6.45) is 2.06. The van der Waals surface area contributed by atoms with Crippen LogP contribution in [0.15, 0.2) is 42.5 Å². The second-order valence-corrected chi connectivity index (χ2v) is 4.77. The number of Topliss-reactive ketones (excluding diaryl/α,β-unsaturated/α-hetero) is 1. The maximum absolute atomic E-state index is 11.6. The van der Waals surface area contributed by atoms with Crippen LogP contribution in [-0.2, 0) is 16.0 Å². The van der Waals surface area contributed by atoms with E-state index < -0.39 is 6.04 Å². The summed E-state index contributed by atoms with van der Waals surface area (Å²) >= 11 is 0. The first-order valence-electron chi connectivity index (χ1n) is 6.28. The van der Waals surface area contributed by atoms with Crippen molar-refractivity contribution >= 4 is 5.78 Å². The number of nitrogens with two attached hydrogens (primary N) is 1. The van der Waals surface area contributed by atoms with E-state index in [1.807, 2.05) is 18.2 Å². The second-order valence-electron chi connectivity index (χ2n) is 4.77. The van der Waals surface area contributed by atoms with E-state index in [0.29, 0.717) is 13.0 Å². The lowest BCUT2D eigenvalue weighted by molar-refractivity contribution is -0.122. The van der Waals surface area contributed by atoms with Crippen molar-refractivity contribution in [1.82, 2.24) is 0 Å². The van der Waals surface area contributed by atoms with Crippen LogP contribution in [0.3, 0.4) is 0 Å². The number of ketones is 1. The van der Waals surface area contributed by atoms with Crippen molar-refractivity contribution in [2.24, 2.45) is 5.73 Å². The number of hydrogen-bond acceptors (Lipinski definition) is 3. The van der Waals surface area contributed by atoms with E-state index in [2.05, 4.69) is 18.7 Å². The summed E-state index contributed by atoms with van der Waals surface area (Å²) in [5.41, 5.74) is 7.94. The lowest BCUT2D eigenvalue weighted by Gasteiger charge is -2.10. The zero-order valence-electron chi connectivity index (χ0n) is 10.5. The molecule has 1 heterocycles. The highest BCUT2D eigenvalue weighted by atomic mass is 16.5. The Labute approximate surface area is 108 Å². The topological polar surface area (TPSA) is 52.3 Å². The van der Waals surface area contributed by atoms with Crippen LogP contribution < -0.4 is 5.73 Å². The molecule has 2 rings (SSSR count). The first-order chi connectivity index (χ1) is 8.66. The molecule has 1 aliphatic rings.